The van der Waals surface area contributed by atoms with Gasteiger partial charge in [-0.25, -0.2) is 9.97 Å². The highest BCUT2D eigenvalue weighted by Crippen LogP contribution is 2.03. The quantitative estimate of drug-likeness (QED) is 0.711. The molecule has 6 nitrogen and oxygen atoms in total. The summed E-state index contributed by atoms with van der Waals surface area (Å²) in [4.78, 5) is 19.8. The van der Waals surface area contributed by atoms with E-state index >= 15 is 0 Å². The number of hydrogen-bond acceptors (Lipinski definition) is 5. The van der Waals surface area contributed by atoms with Crippen LogP contribution in [0.2, 0.25) is 0 Å². The van der Waals surface area contributed by atoms with E-state index in [1.54, 1.807) is 6.20 Å². The van der Waals surface area contributed by atoms with Gasteiger partial charge in [0.2, 0.25) is 0 Å². The minimum Gasteiger partial charge on any atom is -0.382 e. The SMILES string of the molecule is Cc1ccc(C(=O)NCCNc2cnc(N)cn2)cc1. The molecule has 0 fully saturated rings. The third-order valence-corrected chi connectivity index (χ3v) is 2.70. The molecule has 6 heteroatoms. The molecule has 0 aliphatic heterocycles. The van der Waals surface area contributed by atoms with E-state index in [0.29, 0.717) is 30.3 Å². The van der Waals surface area contributed by atoms with E-state index in [1.807, 2.05) is 31.2 Å². The minimum atomic E-state index is -0.0878. The molecule has 1 heterocycles. The number of nitrogens with one attached hydrogen (secondary N) is 2. The molecule has 0 radical (unpaired) electrons. The lowest BCUT2D eigenvalue weighted by Crippen LogP contribution is -2.28. The van der Waals surface area contributed by atoms with Gasteiger partial charge in [0.05, 0.1) is 12.4 Å². The summed E-state index contributed by atoms with van der Waals surface area (Å²) in [6, 6.07) is 7.45. The first-order chi connectivity index (χ1) is 9.65. The Morgan fingerprint density at radius 2 is 1.90 bits per heavy atom. The van der Waals surface area contributed by atoms with E-state index in [0.717, 1.165) is 5.56 Å². The van der Waals surface area contributed by atoms with Crippen LogP contribution in [-0.2, 0) is 0 Å². The van der Waals surface area contributed by atoms with Crippen molar-refractivity contribution in [3.8, 4) is 0 Å². The van der Waals surface area contributed by atoms with Crippen molar-refractivity contribution in [1.82, 2.24) is 15.3 Å². The molecule has 1 aromatic heterocycles. The fourth-order valence-corrected chi connectivity index (χ4v) is 1.60. The van der Waals surface area contributed by atoms with Gasteiger partial charge in [-0.1, -0.05) is 17.7 Å². The summed E-state index contributed by atoms with van der Waals surface area (Å²) in [5, 5.41) is 5.87. The maximum Gasteiger partial charge on any atom is 0.251 e. The van der Waals surface area contributed by atoms with Gasteiger partial charge in [-0.15, -0.1) is 0 Å². The van der Waals surface area contributed by atoms with Crippen molar-refractivity contribution in [2.75, 3.05) is 24.1 Å². The summed E-state index contributed by atoms with van der Waals surface area (Å²) in [5.41, 5.74) is 7.22. The van der Waals surface area contributed by atoms with Gasteiger partial charge in [-0.3, -0.25) is 4.79 Å². The van der Waals surface area contributed by atoms with Crippen LogP contribution in [-0.4, -0.2) is 29.0 Å². The van der Waals surface area contributed by atoms with Crippen LogP contribution in [0.4, 0.5) is 11.6 Å². The highest BCUT2D eigenvalue weighted by molar-refractivity contribution is 5.94. The topological polar surface area (TPSA) is 92.9 Å². The van der Waals surface area contributed by atoms with Crippen LogP contribution in [0.1, 0.15) is 15.9 Å². The second kappa shape index (κ2) is 6.51. The molecule has 4 N–H and O–H groups in total. The lowest BCUT2D eigenvalue weighted by molar-refractivity contribution is 0.0955. The lowest BCUT2D eigenvalue weighted by atomic mass is 10.1. The van der Waals surface area contributed by atoms with E-state index < -0.39 is 0 Å². The highest BCUT2D eigenvalue weighted by atomic mass is 16.1. The Balaban J connectivity index is 1.74. The van der Waals surface area contributed by atoms with Crippen molar-refractivity contribution >= 4 is 17.5 Å². The van der Waals surface area contributed by atoms with Crippen molar-refractivity contribution in [3.63, 3.8) is 0 Å². The molecule has 0 saturated heterocycles. The van der Waals surface area contributed by atoms with Crippen LogP contribution in [0.5, 0.6) is 0 Å². The molecule has 20 heavy (non-hydrogen) atoms. The number of aryl methyl sites for hydroxylation is 1. The molecule has 0 aliphatic carbocycles. The fourth-order valence-electron chi connectivity index (χ4n) is 1.60. The van der Waals surface area contributed by atoms with Crippen LogP contribution in [0.15, 0.2) is 36.7 Å². The Hall–Kier alpha value is -2.63. The maximum absolute atomic E-state index is 11.8. The number of hydrogen-bond donors (Lipinski definition) is 3. The van der Waals surface area contributed by atoms with Gasteiger partial charge in [0.1, 0.15) is 11.6 Å². The number of nitrogens with two attached hydrogens (primary N) is 1. The molecule has 104 valence electrons. The van der Waals surface area contributed by atoms with Gasteiger partial charge in [0.25, 0.3) is 5.91 Å². The van der Waals surface area contributed by atoms with Crippen LogP contribution in [0.25, 0.3) is 0 Å². The standard InChI is InChI=1S/C14H17N5O/c1-10-2-4-11(5-3-10)14(20)17-7-6-16-13-9-18-12(15)8-19-13/h2-5,8-9H,6-7H2,1H3,(H2,15,18)(H,16,19)(H,17,20). The average molecular weight is 271 g/mol. The van der Waals surface area contributed by atoms with E-state index in [4.69, 9.17) is 5.73 Å². The van der Waals surface area contributed by atoms with Gasteiger partial charge >= 0.3 is 0 Å². The molecule has 2 aromatic rings. The summed E-state index contributed by atoms with van der Waals surface area (Å²) in [5.74, 6) is 0.919. The number of anilines is 2. The van der Waals surface area contributed by atoms with E-state index in [2.05, 4.69) is 20.6 Å². The molecule has 1 amide bonds. The number of carbonyl (C=O) groups is 1. The smallest absolute Gasteiger partial charge is 0.251 e. The molecule has 2 rings (SSSR count). The van der Waals surface area contributed by atoms with E-state index in [1.165, 1.54) is 6.20 Å². The predicted molar refractivity (Wildman–Crippen MR) is 78.4 cm³/mol. The van der Waals surface area contributed by atoms with Crippen molar-refractivity contribution in [2.24, 2.45) is 0 Å². The van der Waals surface area contributed by atoms with Crippen molar-refractivity contribution < 1.29 is 4.79 Å². The first kappa shape index (κ1) is 13.8. The summed E-state index contributed by atoms with van der Waals surface area (Å²) < 4.78 is 0. The number of amides is 1. The molecule has 0 saturated carbocycles. The predicted octanol–water partition coefficient (Wildman–Crippen LogP) is 1.21. The van der Waals surface area contributed by atoms with E-state index in [-0.39, 0.29) is 5.91 Å². The van der Waals surface area contributed by atoms with Crippen molar-refractivity contribution in [3.05, 3.63) is 47.8 Å². The largest absolute Gasteiger partial charge is 0.382 e. The maximum atomic E-state index is 11.8. The van der Waals surface area contributed by atoms with Crippen LogP contribution in [0, 0.1) is 6.92 Å². The molecule has 0 unspecified atom stereocenters. The van der Waals surface area contributed by atoms with Crippen molar-refractivity contribution in [1.29, 1.82) is 0 Å². The molecular formula is C14H17N5O. The summed E-state index contributed by atoms with van der Waals surface area (Å²) in [6.07, 6.45) is 3.03. The number of aromatic nitrogens is 2. The number of rotatable bonds is 5. The van der Waals surface area contributed by atoms with Gasteiger partial charge in [0, 0.05) is 18.7 Å². The molecule has 0 aliphatic rings. The number of nitrogens with zero attached hydrogens (tertiary/aromatic N) is 2. The number of carbonyl (C=O) groups excluding carboxylic acids is 1. The van der Waals surface area contributed by atoms with Gasteiger partial charge < -0.3 is 16.4 Å². The first-order valence-corrected chi connectivity index (χ1v) is 6.31. The minimum absolute atomic E-state index is 0.0878. The molecule has 0 bridgehead atoms. The highest BCUT2D eigenvalue weighted by Gasteiger charge is 2.03. The van der Waals surface area contributed by atoms with Gasteiger partial charge in [0.15, 0.2) is 0 Å². The number of benzene rings is 1. The summed E-state index contributed by atoms with van der Waals surface area (Å²) in [6.45, 7) is 3.05. The Kier molecular flexibility index (Phi) is 4.49. The zero-order valence-corrected chi connectivity index (χ0v) is 11.3. The summed E-state index contributed by atoms with van der Waals surface area (Å²) in [7, 11) is 0. The van der Waals surface area contributed by atoms with Gasteiger partial charge in [-0.2, -0.15) is 0 Å². The molecule has 0 atom stereocenters. The Morgan fingerprint density at radius 3 is 2.55 bits per heavy atom. The molecule has 0 spiro atoms. The van der Waals surface area contributed by atoms with Crippen LogP contribution >= 0.6 is 0 Å². The third kappa shape index (κ3) is 3.94. The lowest BCUT2D eigenvalue weighted by Gasteiger charge is -2.07. The first-order valence-electron chi connectivity index (χ1n) is 6.31. The van der Waals surface area contributed by atoms with Crippen LogP contribution < -0.4 is 16.4 Å². The zero-order chi connectivity index (χ0) is 14.4. The monoisotopic (exact) mass is 271 g/mol. The van der Waals surface area contributed by atoms with Crippen LogP contribution in [0.3, 0.4) is 0 Å². The number of nitrogen functional groups attached to an aromatic ring is 1. The second-order valence-electron chi connectivity index (χ2n) is 4.38. The molecular weight excluding hydrogens is 254 g/mol. The Morgan fingerprint density at radius 1 is 1.15 bits per heavy atom. The fraction of sp³-hybridized carbons (Fsp3) is 0.214. The zero-order valence-electron chi connectivity index (χ0n) is 11.3. The molecule has 1 aromatic carbocycles. The second-order valence-corrected chi connectivity index (χ2v) is 4.38. The Bertz CT molecular complexity index is 565. The Labute approximate surface area is 117 Å². The van der Waals surface area contributed by atoms with Gasteiger partial charge in [-0.05, 0) is 19.1 Å². The normalized spacial score (nSPS) is 10.1. The average Bonchev–Trinajstić information content (AvgIpc) is 2.46. The third-order valence-electron chi connectivity index (χ3n) is 2.70. The van der Waals surface area contributed by atoms with E-state index in [9.17, 15) is 4.79 Å². The summed E-state index contributed by atoms with van der Waals surface area (Å²) >= 11 is 0. The van der Waals surface area contributed by atoms with Crippen molar-refractivity contribution in [2.45, 2.75) is 6.92 Å².